The van der Waals surface area contributed by atoms with Crippen molar-refractivity contribution in [2.45, 2.75) is 6.61 Å². The highest BCUT2D eigenvalue weighted by molar-refractivity contribution is 7.90. The first-order valence-corrected chi connectivity index (χ1v) is 8.45. The smallest absolute Gasteiger partial charge is 0.339 e. The summed E-state index contributed by atoms with van der Waals surface area (Å²) in [7, 11) is -3.43. The number of carbonyl (C=O) groups is 1. The summed E-state index contributed by atoms with van der Waals surface area (Å²) >= 11 is 0. The third-order valence-electron chi connectivity index (χ3n) is 3.38. The molecule has 2 aliphatic rings. The van der Waals surface area contributed by atoms with Crippen LogP contribution in [-0.4, -0.2) is 37.4 Å². The van der Waals surface area contributed by atoms with E-state index >= 15 is 0 Å². The van der Waals surface area contributed by atoms with Gasteiger partial charge in [0.2, 0.25) is 0 Å². The summed E-state index contributed by atoms with van der Waals surface area (Å²) in [5.41, 5.74) is 0.534. The molecule has 2 aliphatic heterocycles. The Morgan fingerprint density at radius 3 is 2.87 bits per heavy atom. The number of halogens is 1. The van der Waals surface area contributed by atoms with E-state index in [0.717, 1.165) is 0 Å². The van der Waals surface area contributed by atoms with Crippen molar-refractivity contribution in [1.29, 1.82) is 0 Å². The van der Waals surface area contributed by atoms with Gasteiger partial charge in [-0.15, -0.1) is 4.40 Å². The van der Waals surface area contributed by atoms with E-state index < -0.39 is 21.8 Å². The number of esters is 1. The maximum atomic E-state index is 13.5. The van der Waals surface area contributed by atoms with Crippen LogP contribution >= 0.6 is 0 Å². The van der Waals surface area contributed by atoms with Gasteiger partial charge in [0.1, 0.15) is 18.3 Å². The SMILES string of the molecule is O=C(OCc1ccccc1F)C1=CN2CCS(=O)(=O)N=C2C=C1. The molecule has 120 valence electrons. The Labute approximate surface area is 132 Å². The molecular formula is C15H13FN2O4S. The fraction of sp³-hybridized carbons (Fsp3) is 0.200. The number of ether oxygens (including phenoxy) is 1. The van der Waals surface area contributed by atoms with Crippen molar-refractivity contribution < 1.29 is 22.3 Å². The Balaban J connectivity index is 1.69. The number of rotatable bonds is 3. The molecule has 0 amide bonds. The summed E-state index contributed by atoms with van der Waals surface area (Å²) in [6.07, 6.45) is 4.35. The molecule has 6 nitrogen and oxygen atoms in total. The summed E-state index contributed by atoms with van der Waals surface area (Å²) in [4.78, 5) is 13.6. The van der Waals surface area contributed by atoms with Gasteiger partial charge in [-0.1, -0.05) is 18.2 Å². The van der Waals surface area contributed by atoms with Gasteiger partial charge in [0.15, 0.2) is 0 Å². The van der Waals surface area contributed by atoms with Crippen molar-refractivity contribution in [3.63, 3.8) is 0 Å². The van der Waals surface area contributed by atoms with Gasteiger partial charge in [-0.25, -0.2) is 17.6 Å². The minimum Gasteiger partial charge on any atom is -0.457 e. The van der Waals surface area contributed by atoms with Crippen LogP contribution in [0.15, 0.2) is 52.6 Å². The van der Waals surface area contributed by atoms with Crippen molar-refractivity contribution in [3.05, 3.63) is 59.6 Å². The number of amidine groups is 1. The van der Waals surface area contributed by atoms with E-state index in [1.807, 2.05) is 0 Å². The van der Waals surface area contributed by atoms with Crippen molar-refractivity contribution in [3.8, 4) is 0 Å². The van der Waals surface area contributed by atoms with E-state index in [2.05, 4.69) is 4.40 Å². The minimum atomic E-state index is -3.43. The van der Waals surface area contributed by atoms with Crippen LogP contribution in [-0.2, 0) is 26.2 Å². The molecule has 1 aromatic rings. The molecule has 0 saturated carbocycles. The molecule has 23 heavy (non-hydrogen) atoms. The molecule has 1 aromatic carbocycles. The van der Waals surface area contributed by atoms with E-state index in [9.17, 15) is 17.6 Å². The van der Waals surface area contributed by atoms with Gasteiger partial charge in [-0.05, 0) is 18.2 Å². The van der Waals surface area contributed by atoms with Gasteiger partial charge >= 0.3 is 5.97 Å². The first-order chi connectivity index (χ1) is 10.9. The summed E-state index contributed by atoms with van der Waals surface area (Å²) in [6.45, 7) is 0.0433. The van der Waals surface area contributed by atoms with Crippen LogP contribution in [0, 0.1) is 5.82 Å². The fourth-order valence-corrected chi connectivity index (χ4v) is 3.13. The maximum Gasteiger partial charge on any atom is 0.339 e. The van der Waals surface area contributed by atoms with Crippen molar-refractivity contribution >= 4 is 21.8 Å². The van der Waals surface area contributed by atoms with E-state index in [1.54, 1.807) is 17.0 Å². The van der Waals surface area contributed by atoms with Crippen LogP contribution < -0.4 is 0 Å². The third-order valence-corrected chi connectivity index (χ3v) is 4.54. The molecule has 0 saturated heterocycles. The molecule has 0 atom stereocenters. The molecule has 0 fully saturated rings. The van der Waals surface area contributed by atoms with Crippen molar-refractivity contribution in [1.82, 2.24) is 4.90 Å². The highest BCUT2D eigenvalue weighted by Crippen LogP contribution is 2.17. The molecule has 2 heterocycles. The number of nitrogens with zero attached hydrogens (tertiary/aromatic N) is 2. The Morgan fingerprint density at radius 1 is 1.30 bits per heavy atom. The maximum absolute atomic E-state index is 13.5. The van der Waals surface area contributed by atoms with Gasteiger partial charge in [-0.3, -0.25) is 0 Å². The Morgan fingerprint density at radius 2 is 2.09 bits per heavy atom. The predicted octanol–water partition coefficient (Wildman–Crippen LogP) is 1.37. The zero-order valence-corrected chi connectivity index (χ0v) is 12.8. The number of hydrogen-bond acceptors (Lipinski definition) is 5. The molecule has 0 aliphatic carbocycles. The molecule has 8 heteroatoms. The van der Waals surface area contributed by atoms with Gasteiger partial charge in [0.05, 0.1) is 11.3 Å². The van der Waals surface area contributed by atoms with Gasteiger partial charge in [0.25, 0.3) is 10.0 Å². The van der Waals surface area contributed by atoms with E-state index in [4.69, 9.17) is 4.74 Å². The third kappa shape index (κ3) is 3.48. The summed E-state index contributed by atoms with van der Waals surface area (Å²) in [5, 5.41) is 0. The lowest BCUT2D eigenvalue weighted by atomic mass is 10.2. The first-order valence-electron chi connectivity index (χ1n) is 6.84. The highest BCUT2D eigenvalue weighted by atomic mass is 32.2. The number of fused-ring (bicyclic) bond motifs is 1. The molecular weight excluding hydrogens is 323 g/mol. The Kier molecular flexibility index (Phi) is 3.99. The average Bonchev–Trinajstić information content (AvgIpc) is 2.52. The summed E-state index contributed by atoms with van der Waals surface area (Å²) in [6, 6.07) is 6.04. The van der Waals surface area contributed by atoms with Gasteiger partial charge in [-0.2, -0.15) is 0 Å². The van der Waals surface area contributed by atoms with Crippen LogP contribution in [0.3, 0.4) is 0 Å². The molecule has 0 radical (unpaired) electrons. The van der Waals surface area contributed by atoms with E-state index in [-0.39, 0.29) is 35.9 Å². The lowest BCUT2D eigenvalue weighted by molar-refractivity contribution is -0.140. The second kappa shape index (κ2) is 5.96. The van der Waals surface area contributed by atoms with E-state index in [1.165, 1.54) is 30.5 Å². The minimum absolute atomic E-state index is 0.113. The van der Waals surface area contributed by atoms with Crippen LogP contribution in [0.5, 0.6) is 0 Å². The van der Waals surface area contributed by atoms with E-state index in [0.29, 0.717) is 0 Å². The largest absolute Gasteiger partial charge is 0.457 e. The Bertz CT molecular complexity index is 843. The second-order valence-corrected chi connectivity index (χ2v) is 6.77. The molecule has 0 unspecified atom stereocenters. The van der Waals surface area contributed by atoms with Crippen LogP contribution in [0.25, 0.3) is 0 Å². The zero-order chi connectivity index (χ0) is 16.4. The molecule has 3 rings (SSSR count). The monoisotopic (exact) mass is 336 g/mol. The molecule has 0 spiro atoms. The van der Waals surface area contributed by atoms with Gasteiger partial charge < -0.3 is 9.64 Å². The zero-order valence-electron chi connectivity index (χ0n) is 12.0. The van der Waals surface area contributed by atoms with Crippen LogP contribution in [0.2, 0.25) is 0 Å². The fourth-order valence-electron chi connectivity index (χ4n) is 2.16. The normalized spacial score (nSPS) is 18.7. The molecule has 0 aromatic heterocycles. The lowest BCUT2D eigenvalue weighted by Crippen LogP contribution is -2.37. The average molecular weight is 336 g/mol. The summed E-state index contributed by atoms with van der Waals surface area (Å²) < 4.78 is 45.0. The standard InChI is InChI=1S/C15H13FN2O4S/c16-13-4-2-1-3-12(13)10-22-15(19)11-5-6-14-17-23(20,21)8-7-18(14)9-11/h1-6,9H,7-8,10H2. The molecule has 0 N–H and O–H groups in total. The van der Waals surface area contributed by atoms with Gasteiger partial charge in [0, 0.05) is 18.3 Å². The number of benzene rings is 1. The lowest BCUT2D eigenvalue weighted by Gasteiger charge is -2.26. The first kappa shape index (κ1) is 15.4. The second-order valence-electron chi connectivity index (χ2n) is 5.01. The number of hydrogen-bond donors (Lipinski definition) is 0. The summed E-state index contributed by atoms with van der Waals surface area (Å²) in [5.74, 6) is -0.902. The topological polar surface area (TPSA) is 76.0 Å². The van der Waals surface area contributed by atoms with Crippen LogP contribution in [0.1, 0.15) is 5.56 Å². The van der Waals surface area contributed by atoms with Crippen molar-refractivity contribution in [2.75, 3.05) is 12.3 Å². The Hall–Kier alpha value is -2.48. The highest BCUT2D eigenvalue weighted by Gasteiger charge is 2.25. The predicted molar refractivity (Wildman–Crippen MR) is 81.3 cm³/mol. The van der Waals surface area contributed by atoms with Crippen LogP contribution in [0.4, 0.5) is 4.39 Å². The number of sulfonamides is 1. The molecule has 0 bridgehead atoms. The number of carbonyl (C=O) groups excluding carboxylic acids is 1. The van der Waals surface area contributed by atoms with Crippen molar-refractivity contribution in [2.24, 2.45) is 4.40 Å². The quantitative estimate of drug-likeness (QED) is 0.779.